The quantitative estimate of drug-likeness (QED) is 0.568. The summed E-state index contributed by atoms with van der Waals surface area (Å²) in [6.07, 6.45) is 1.46. The van der Waals surface area contributed by atoms with Crippen molar-refractivity contribution in [3.05, 3.63) is 28.4 Å². The number of nitro groups is 1. The molecule has 0 spiro atoms. The van der Waals surface area contributed by atoms with Gasteiger partial charge < -0.3 is 15.3 Å². The number of aliphatic carboxylic acids is 1. The van der Waals surface area contributed by atoms with Gasteiger partial charge in [-0.3, -0.25) is 14.9 Å². The molecule has 1 saturated heterocycles. The molecule has 1 aliphatic heterocycles. The van der Waals surface area contributed by atoms with Crippen molar-refractivity contribution in [3.8, 4) is 0 Å². The van der Waals surface area contributed by atoms with Crippen LogP contribution >= 0.6 is 0 Å². The van der Waals surface area contributed by atoms with E-state index >= 15 is 0 Å². The maximum atomic E-state index is 10.9. The molecule has 2 N–H and O–H groups in total. The molecule has 1 aromatic rings. The van der Waals surface area contributed by atoms with Gasteiger partial charge in [0.05, 0.1) is 4.92 Å². The number of rotatable bonds is 3. The fraction of sp³-hybridized carbons (Fsp3) is 0.400. The molecule has 1 atom stereocenters. The molecule has 0 aromatic carbocycles. The number of piperazine rings is 1. The van der Waals surface area contributed by atoms with Gasteiger partial charge in [-0.1, -0.05) is 0 Å². The lowest BCUT2D eigenvalue weighted by atomic mass is 10.2. The molecule has 96 valence electrons. The molecule has 0 radical (unpaired) electrons. The number of aromatic nitrogens is 1. The zero-order valence-electron chi connectivity index (χ0n) is 9.44. The predicted molar refractivity (Wildman–Crippen MR) is 62.5 cm³/mol. The zero-order valence-corrected chi connectivity index (χ0v) is 9.44. The summed E-state index contributed by atoms with van der Waals surface area (Å²) in [5.74, 6) is -0.756. The third kappa shape index (κ3) is 2.38. The number of nitrogens with zero attached hydrogens (tertiary/aromatic N) is 3. The van der Waals surface area contributed by atoms with Crippen LogP contribution in [-0.4, -0.2) is 46.7 Å². The van der Waals surface area contributed by atoms with Crippen LogP contribution in [0.5, 0.6) is 0 Å². The van der Waals surface area contributed by atoms with Crippen LogP contribution in [0.4, 0.5) is 11.5 Å². The normalized spacial score (nSPS) is 19.6. The van der Waals surface area contributed by atoms with E-state index in [2.05, 4.69) is 10.3 Å². The number of carboxylic acids is 1. The fourth-order valence-corrected chi connectivity index (χ4v) is 1.88. The molecule has 0 bridgehead atoms. The maximum Gasteiger partial charge on any atom is 0.322 e. The van der Waals surface area contributed by atoms with Crippen LogP contribution in [0.3, 0.4) is 0 Å². The summed E-state index contributed by atoms with van der Waals surface area (Å²) in [7, 11) is 0. The SMILES string of the molecule is O=C(O)[C@H]1CN(c2ncccc2[N+](=O)[O-])CCN1. The van der Waals surface area contributed by atoms with Crippen molar-refractivity contribution < 1.29 is 14.8 Å². The van der Waals surface area contributed by atoms with Gasteiger partial charge in [0.15, 0.2) is 0 Å². The molecule has 18 heavy (non-hydrogen) atoms. The Morgan fingerprint density at radius 3 is 3.11 bits per heavy atom. The first-order valence-corrected chi connectivity index (χ1v) is 5.40. The van der Waals surface area contributed by atoms with E-state index in [9.17, 15) is 14.9 Å². The molecule has 1 aliphatic rings. The van der Waals surface area contributed by atoms with Crippen molar-refractivity contribution in [2.24, 2.45) is 0 Å². The van der Waals surface area contributed by atoms with Crippen LogP contribution in [0.2, 0.25) is 0 Å². The van der Waals surface area contributed by atoms with Crippen LogP contribution in [0.1, 0.15) is 0 Å². The van der Waals surface area contributed by atoms with Gasteiger partial charge in [0.2, 0.25) is 5.82 Å². The molecular formula is C10H12N4O4. The van der Waals surface area contributed by atoms with E-state index in [0.717, 1.165) is 0 Å². The minimum Gasteiger partial charge on any atom is -0.480 e. The van der Waals surface area contributed by atoms with Crippen LogP contribution in [0.15, 0.2) is 18.3 Å². The van der Waals surface area contributed by atoms with Crippen molar-refractivity contribution in [1.29, 1.82) is 0 Å². The van der Waals surface area contributed by atoms with Gasteiger partial charge in [-0.05, 0) is 6.07 Å². The second kappa shape index (κ2) is 4.96. The minimum atomic E-state index is -0.974. The van der Waals surface area contributed by atoms with E-state index in [0.29, 0.717) is 13.1 Å². The Bertz CT molecular complexity index is 479. The van der Waals surface area contributed by atoms with Gasteiger partial charge in [0, 0.05) is 31.9 Å². The minimum absolute atomic E-state index is 0.108. The molecule has 0 saturated carbocycles. The Balaban J connectivity index is 2.26. The van der Waals surface area contributed by atoms with E-state index < -0.39 is 16.9 Å². The highest BCUT2D eigenvalue weighted by Gasteiger charge is 2.29. The smallest absolute Gasteiger partial charge is 0.322 e. The van der Waals surface area contributed by atoms with Crippen molar-refractivity contribution >= 4 is 17.5 Å². The topological polar surface area (TPSA) is 109 Å². The second-order valence-electron chi connectivity index (χ2n) is 3.89. The van der Waals surface area contributed by atoms with Gasteiger partial charge >= 0.3 is 11.7 Å². The number of carboxylic acid groups (broad SMARTS) is 1. The molecule has 0 aliphatic carbocycles. The first-order chi connectivity index (χ1) is 8.59. The second-order valence-corrected chi connectivity index (χ2v) is 3.89. The third-order valence-corrected chi connectivity index (χ3v) is 2.74. The molecule has 0 amide bonds. The summed E-state index contributed by atoms with van der Waals surface area (Å²) < 4.78 is 0. The lowest BCUT2D eigenvalue weighted by molar-refractivity contribution is -0.384. The average molecular weight is 252 g/mol. The van der Waals surface area contributed by atoms with E-state index in [-0.39, 0.29) is 18.1 Å². The van der Waals surface area contributed by atoms with Crippen molar-refractivity contribution in [2.45, 2.75) is 6.04 Å². The highest BCUT2D eigenvalue weighted by Crippen LogP contribution is 2.25. The first kappa shape index (κ1) is 12.2. The molecule has 2 rings (SSSR count). The molecule has 2 heterocycles. The van der Waals surface area contributed by atoms with Crippen molar-refractivity contribution in [3.63, 3.8) is 0 Å². The highest BCUT2D eigenvalue weighted by molar-refractivity contribution is 5.75. The number of hydrogen-bond acceptors (Lipinski definition) is 6. The van der Waals surface area contributed by atoms with Gasteiger partial charge in [-0.2, -0.15) is 0 Å². The van der Waals surface area contributed by atoms with Gasteiger partial charge in [0.1, 0.15) is 6.04 Å². The van der Waals surface area contributed by atoms with Crippen molar-refractivity contribution in [1.82, 2.24) is 10.3 Å². The molecular weight excluding hydrogens is 240 g/mol. The van der Waals surface area contributed by atoms with E-state index in [1.54, 1.807) is 4.90 Å². The number of nitrogens with one attached hydrogen (secondary N) is 1. The monoisotopic (exact) mass is 252 g/mol. The van der Waals surface area contributed by atoms with Gasteiger partial charge in [0.25, 0.3) is 0 Å². The van der Waals surface area contributed by atoms with Crippen LogP contribution in [-0.2, 0) is 4.79 Å². The van der Waals surface area contributed by atoms with Gasteiger partial charge in [-0.15, -0.1) is 0 Å². The lowest BCUT2D eigenvalue weighted by Crippen LogP contribution is -2.54. The zero-order chi connectivity index (χ0) is 13.1. The summed E-state index contributed by atoms with van der Waals surface area (Å²) in [5.41, 5.74) is -0.108. The lowest BCUT2D eigenvalue weighted by Gasteiger charge is -2.31. The largest absolute Gasteiger partial charge is 0.480 e. The van der Waals surface area contributed by atoms with Gasteiger partial charge in [-0.25, -0.2) is 4.98 Å². The molecule has 8 heteroatoms. The molecule has 0 unspecified atom stereocenters. The average Bonchev–Trinajstić information content (AvgIpc) is 2.39. The Hall–Kier alpha value is -2.22. The first-order valence-electron chi connectivity index (χ1n) is 5.40. The highest BCUT2D eigenvalue weighted by atomic mass is 16.6. The maximum absolute atomic E-state index is 10.9. The summed E-state index contributed by atoms with van der Waals surface area (Å²) in [6, 6.07) is 2.11. The number of hydrogen-bond donors (Lipinski definition) is 2. The fourth-order valence-electron chi connectivity index (χ4n) is 1.88. The van der Waals surface area contributed by atoms with Crippen LogP contribution in [0.25, 0.3) is 0 Å². The van der Waals surface area contributed by atoms with E-state index in [1.165, 1.54) is 18.3 Å². The molecule has 1 aromatic heterocycles. The molecule has 8 nitrogen and oxygen atoms in total. The number of carbonyl (C=O) groups is 1. The Labute approximate surface area is 102 Å². The number of anilines is 1. The molecule has 1 fully saturated rings. The van der Waals surface area contributed by atoms with Crippen LogP contribution < -0.4 is 10.2 Å². The van der Waals surface area contributed by atoms with E-state index in [1.807, 2.05) is 0 Å². The third-order valence-electron chi connectivity index (χ3n) is 2.74. The number of pyridine rings is 1. The van der Waals surface area contributed by atoms with E-state index in [4.69, 9.17) is 5.11 Å². The standard InChI is InChI=1S/C10H12N4O4/c15-10(16)7-6-13(5-4-11-7)9-8(14(17)18)2-1-3-12-9/h1-3,7,11H,4-6H2,(H,15,16)/t7-/m1/s1. The summed E-state index contributed by atoms with van der Waals surface area (Å²) >= 11 is 0. The van der Waals surface area contributed by atoms with Crippen LogP contribution in [0, 0.1) is 10.1 Å². The summed E-state index contributed by atoms with van der Waals surface area (Å²) in [4.78, 5) is 26.9. The summed E-state index contributed by atoms with van der Waals surface area (Å²) in [5, 5.41) is 22.7. The Morgan fingerprint density at radius 2 is 2.44 bits per heavy atom. The Morgan fingerprint density at radius 1 is 1.67 bits per heavy atom. The summed E-state index contributed by atoms with van der Waals surface area (Å²) in [6.45, 7) is 1.10. The predicted octanol–water partition coefficient (Wildman–Crippen LogP) is -0.147. The Kier molecular flexibility index (Phi) is 3.38. The van der Waals surface area contributed by atoms with Crippen molar-refractivity contribution in [2.75, 3.05) is 24.5 Å².